The maximum atomic E-state index is 14.6. The van der Waals surface area contributed by atoms with Crippen LogP contribution in [0, 0.1) is 12.7 Å². The molecule has 16 heteroatoms. The van der Waals surface area contributed by atoms with Crippen molar-refractivity contribution in [2.24, 2.45) is 0 Å². The molecule has 0 aliphatic carbocycles. The Morgan fingerprint density at radius 1 is 0.800 bits per heavy atom. The van der Waals surface area contributed by atoms with Gasteiger partial charge in [-0.3, -0.25) is 4.98 Å². The van der Waals surface area contributed by atoms with E-state index in [2.05, 4.69) is 40.8 Å². The van der Waals surface area contributed by atoms with E-state index in [1.807, 2.05) is 73.7 Å². The quantitative estimate of drug-likeness (QED) is 0.185. The van der Waals surface area contributed by atoms with Crippen molar-refractivity contribution in [3.63, 3.8) is 0 Å². The zero-order valence-electron chi connectivity index (χ0n) is 23.2. The number of aromatic nitrogens is 8. The molecule has 0 saturated heterocycles. The van der Waals surface area contributed by atoms with Crippen molar-refractivity contribution in [3.05, 3.63) is 109 Å². The van der Waals surface area contributed by atoms with E-state index in [-0.39, 0.29) is 5.69 Å². The third-order valence-electron chi connectivity index (χ3n) is 5.91. The molecule has 0 atom stereocenters. The highest BCUT2D eigenvalue weighted by molar-refractivity contribution is 5.73. The lowest BCUT2D eigenvalue weighted by Crippen LogP contribution is -2.21. The van der Waals surface area contributed by atoms with Crippen LogP contribution in [-0.4, -0.2) is 56.7 Å². The first-order valence-electron chi connectivity index (χ1n) is 13.0. The van der Waals surface area contributed by atoms with E-state index >= 15 is 0 Å². The molecule has 0 aliphatic rings. The highest BCUT2D eigenvalue weighted by Gasteiger charge is 2.38. The summed E-state index contributed by atoms with van der Waals surface area (Å²) in [5.41, 5.74) is 4.44. The van der Waals surface area contributed by atoms with Gasteiger partial charge in [-0.05, 0) is 55.5 Å². The first kappa shape index (κ1) is 30.3. The van der Waals surface area contributed by atoms with Crippen LogP contribution in [-0.2, 0) is 4.79 Å². The predicted molar refractivity (Wildman–Crippen MR) is 155 cm³/mol. The molecule has 0 radical (unpaired) electrons. The molecule has 4 aromatic heterocycles. The van der Waals surface area contributed by atoms with Crippen LogP contribution < -0.4 is 10.6 Å². The minimum absolute atomic E-state index is 0.216. The summed E-state index contributed by atoms with van der Waals surface area (Å²) in [5, 5.41) is 22.3. The normalized spacial score (nSPS) is 11.0. The molecule has 0 fully saturated rings. The highest BCUT2D eigenvalue weighted by Crippen LogP contribution is 2.22. The summed E-state index contributed by atoms with van der Waals surface area (Å²) in [6, 6.07) is 22.5. The zero-order chi connectivity index (χ0) is 32.0. The Kier molecular flexibility index (Phi) is 8.74. The number of carbonyl (C=O) groups is 1. The van der Waals surface area contributed by atoms with Crippen molar-refractivity contribution in [2.75, 3.05) is 10.6 Å². The van der Waals surface area contributed by atoms with Crippen LogP contribution in [0.2, 0.25) is 0 Å². The van der Waals surface area contributed by atoms with Gasteiger partial charge in [0.15, 0.2) is 11.6 Å². The molecule has 0 amide bonds. The van der Waals surface area contributed by atoms with Gasteiger partial charge in [-0.1, -0.05) is 18.2 Å². The smallest absolute Gasteiger partial charge is 0.475 e. The summed E-state index contributed by atoms with van der Waals surface area (Å²) in [6.45, 7) is 1.93. The summed E-state index contributed by atoms with van der Waals surface area (Å²) < 4.78 is 49.4. The number of rotatable bonds is 7. The fraction of sp³-hybridized carbons (Fsp3) is 0.0690. The molecule has 6 rings (SSSR count). The van der Waals surface area contributed by atoms with Crippen molar-refractivity contribution < 1.29 is 27.5 Å². The van der Waals surface area contributed by atoms with Crippen LogP contribution in [0.15, 0.2) is 97.8 Å². The number of carboxylic acids is 1. The topological polar surface area (TPSA) is 149 Å². The second-order valence-electron chi connectivity index (χ2n) is 9.20. The maximum Gasteiger partial charge on any atom is 0.490 e. The molecule has 0 saturated carbocycles. The van der Waals surface area contributed by atoms with Crippen LogP contribution in [0.4, 0.5) is 40.7 Å². The average Bonchev–Trinajstić information content (AvgIpc) is 3.70. The summed E-state index contributed by atoms with van der Waals surface area (Å²) >= 11 is 0. The average molecular weight is 619 g/mol. The number of anilines is 4. The van der Waals surface area contributed by atoms with Crippen molar-refractivity contribution in [2.45, 2.75) is 13.1 Å². The lowest BCUT2D eigenvalue weighted by molar-refractivity contribution is -0.192. The molecule has 0 spiro atoms. The van der Waals surface area contributed by atoms with E-state index in [0.717, 1.165) is 34.5 Å². The molecular weight excluding hydrogens is 596 g/mol. The molecule has 4 heterocycles. The molecule has 12 nitrogen and oxygen atoms in total. The maximum absolute atomic E-state index is 14.6. The van der Waals surface area contributed by atoms with Gasteiger partial charge in [0.05, 0.1) is 11.9 Å². The standard InChI is InChI=1S/C27H21FN10.C2HF3O2/c1-18-7-8-19(14-29-18)26-31-16-37(35-26)22-11-9-21(10-12-22)33-25-13-24(23(28)15-30-25)38-17-32-27(36-38)34-20-5-3-2-4-6-20;3-2(4,5)1(6)7/h2-17H,1H3,(H,30,33)(H,34,36);(H,6,7). The Morgan fingerprint density at radius 3 is 2.16 bits per heavy atom. The van der Waals surface area contributed by atoms with Gasteiger partial charge in [0.25, 0.3) is 0 Å². The molecule has 6 aromatic rings. The Balaban J connectivity index is 0.000000515. The van der Waals surface area contributed by atoms with Crippen LogP contribution in [0.3, 0.4) is 0 Å². The largest absolute Gasteiger partial charge is 0.490 e. The lowest BCUT2D eigenvalue weighted by Gasteiger charge is -2.09. The van der Waals surface area contributed by atoms with Gasteiger partial charge in [-0.2, -0.15) is 18.2 Å². The molecule has 3 N–H and O–H groups in total. The van der Waals surface area contributed by atoms with Gasteiger partial charge in [-0.25, -0.2) is 28.5 Å². The predicted octanol–water partition coefficient (Wildman–Crippen LogP) is 5.87. The lowest BCUT2D eigenvalue weighted by atomic mass is 10.2. The number of benzene rings is 2. The fourth-order valence-corrected chi connectivity index (χ4v) is 3.72. The summed E-state index contributed by atoms with van der Waals surface area (Å²) in [6.07, 6.45) is 0.923. The van der Waals surface area contributed by atoms with Gasteiger partial charge >= 0.3 is 12.1 Å². The van der Waals surface area contributed by atoms with Crippen LogP contribution in [0.1, 0.15) is 5.69 Å². The van der Waals surface area contributed by atoms with Gasteiger partial charge in [-0.15, -0.1) is 10.2 Å². The number of hydrogen-bond acceptors (Lipinski definition) is 9. The Hall–Kier alpha value is -6.19. The van der Waals surface area contributed by atoms with Crippen LogP contribution >= 0.6 is 0 Å². The number of para-hydroxylation sites is 1. The molecular formula is C29H22F4N10O2. The number of aryl methyl sites for hydroxylation is 1. The van der Waals surface area contributed by atoms with E-state index < -0.39 is 18.0 Å². The van der Waals surface area contributed by atoms with Crippen molar-refractivity contribution in [1.82, 2.24) is 39.5 Å². The number of nitrogens with zero attached hydrogens (tertiary/aromatic N) is 8. The number of halogens is 4. The SMILES string of the molecule is Cc1ccc(-c2ncn(-c3ccc(Nc4cc(-n5cnc(Nc6ccccc6)n5)c(F)cn4)cc3)n2)cn1.O=C(O)C(F)(F)F. The van der Waals surface area contributed by atoms with Gasteiger partial charge in [0, 0.05) is 34.9 Å². The Labute approximate surface area is 252 Å². The first-order valence-corrected chi connectivity index (χ1v) is 13.0. The van der Waals surface area contributed by atoms with E-state index in [4.69, 9.17) is 9.90 Å². The first-order chi connectivity index (χ1) is 21.5. The van der Waals surface area contributed by atoms with Crippen molar-refractivity contribution in [1.29, 1.82) is 0 Å². The Bertz CT molecular complexity index is 1890. The van der Waals surface area contributed by atoms with E-state index in [0.29, 0.717) is 17.6 Å². The number of carboxylic acid groups (broad SMARTS) is 1. The Morgan fingerprint density at radius 2 is 1.49 bits per heavy atom. The molecule has 0 unspecified atom stereocenters. The number of alkyl halides is 3. The monoisotopic (exact) mass is 618 g/mol. The number of hydrogen-bond donors (Lipinski definition) is 3. The summed E-state index contributed by atoms with van der Waals surface area (Å²) in [5.74, 6) is -1.87. The van der Waals surface area contributed by atoms with Gasteiger partial charge < -0.3 is 15.7 Å². The number of nitrogens with one attached hydrogen (secondary N) is 2. The number of pyridine rings is 2. The van der Waals surface area contributed by atoms with E-state index in [1.165, 1.54) is 11.0 Å². The van der Waals surface area contributed by atoms with Crippen LogP contribution in [0.25, 0.3) is 22.8 Å². The molecule has 0 bridgehead atoms. The minimum Gasteiger partial charge on any atom is -0.475 e. The summed E-state index contributed by atoms with van der Waals surface area (Å²) in [7, 11) is 0. The second-order valence-corrected chi connectivity index (χ2v) is 9.20. The second kappa shape index (κ2) is 13.0. The van der Waals surface area contributed by atoms with E-state index in [9.17, 15) is 17.6 Å². The fourth-order valence-electron chi connectivity index (χ4n) is 3.72. The van der Waals surface area contributed by atoms with Gasteiger partial charge in [0.1, 0.15) is 24.2 Å². The molecule has 228 valence electrons. The molecule has 2 aromatic carbocycles. The zero-order valence-corrected chi connectivity index (χ0v) is 23.2. The third kappa shape index (κ3) is 7.81. The highest BCUT2D eigenvalue weighted by atomic mass is 19.4. The minimum atomic E-state index is -5.08. The van der Waals surface area contributed by atoms with Crippen molar-refractivity contribution in [3.8, 4) is 22.8 Å². The molecule has 45 heavy (non-hydrogen) atoms. The van der Waals surface area contributed by atoms with Crippen LogP contribution in [0.5, 0.6) is 0 Å². The van der Waals surface area contributed by atoms with E-state index in [1.54, 1.807) is 23.3 Å². The third-order valence-corrected chi connectivity index (χ3v) is 5.91. The van der Waals surface area contributed by atoms with Gasteiger partial charge in [0.2, 0.25) is 5.95 Å². The summed E-state index contributed by atoms with van der Waals surface area (Å²) in [4.78, 5) is 26.0. The molecule has 0 aliphatic heterocycles. The van der Waals surface area contributed by atoms with Crippen molar-refractivity contribution >= 4 is 29.1 Å². The number of aliphatic carboxylic acids is 1.